The maximum Gasteiger partial charge on any atom is 0.569 e. The van der Waals surface area contributed by atoms with Crippen molar-refractivity contribution in [3.05, 3.63) is 143 Å². The van der Waals surface area contributed by atoms with E-state index in [0.717, 1.165) is 95.6 Å². The molecule has 6 heterocycles. The minimum absolute atomic E-state index is 0.0116. The van der Waals surface area contributed by atoms with Gasteiger partial charge in [-0.1, -0.05) is 23.8 Å². The van der Waals surface area contributed by atoms with Gasteiger partial charge in [-0.2, -0.15) is 15.0 Å². The first-order chi connectivity index (χ1) is 49.6. The molecule has 6 aliphatic rings. The Morgan fingerprint density at radius 3 is 1.61 bits per heavy atom. The number of aromatic nitrogens is 4. The van der Waals surface area contributed by atoms with Gasteiger partial charge in [-0.15, -0.1) is 0 Å². The molecule has 1 radical (unpaired) electrons. The van der Waals surface area contributed by atoms with Crippen LogP contribution in [-0.2, 0) is 26.0 Å². The van der Waals surface area contributed by atoms with E-state index in [-0.39, 0.29) is 82.6 Å². The van der Waals surface area contributed by atoms with Crippen molar-refractivity contribution in [1.82, 2.24) is 44.9 Å². The summed E-state index contributed by atoms with van der Waals surface area (Å²) in [7, 11) is -2.93. The number of benzene rings is 3. The quantitative estimate of drug-likeness (QED) is 0.0151. The van der Waals surface area contributed by atoms with Crippen molar-refractivity contribution in [2.24, 2.45) is 40.0 Å². The number of carbonyl (C=O) groups is 6. The number of aldehydes is 1. The first-order valence-electron chi connectivity index (χ1n) is 35.1. The molecule has 2 atom stereocenters. The second kappa shape index (κ2) is 32.6. The van der Waals surface area contributed by atoms with Crippen LogP contribution in [0.4, 0.5) is 4.79 Å². The number of hydrogen-bond acceptors (Lipinski definition) is 21. The summed E-state index contributed by atoms with van der Waals surface area (Å²) in [6.07, 6.45) is 16.8. The normalized spacial score (nSPS) is 22.3. The van der Waals surface area contributed by atoms with Crippen LogP contribution < -0.4 is 61.7 Å². The maximum absolute atomic E-state index is 13.0. The largest absolute Gasteiger partial charge is 0.569 e. The summed E-state index contributed by atoms with van der Waals surface area (Å²) in [5, 5.41) is 46.8. The number of nitrogens with zero attached hydrogens (tertiary/aromatic N) is 5. The number of hydrogen-bond donors (Lipinski definition) is 10. The molecule has 4 saturated carbocycles. The van der Waals surface area contributed by atoms with E-state index in [2.05, 4.69) is 26.1 Å². The Balaban J connectivity index is 0.000000169. The predicted octanol–water partition coefficient (Wildman–Crippen LogP) is 6.05. The first-order valence-corrected chi connectivity index (χ1v) is 36.6. The van der Waals surface area contributed by atoms with Gasteiger partial charge >= 0.3 is 13.8 Å². The second-order valence-electron chi connectivity index (χ2n) is 30.7. The van der Waals surface area contributed by atoms with E-state index < -0.39 is 38.6 Å². The molecular weight excluding hydrogens is 1370 g/mol. The fourth-order valence-corrected chi connectivity index (χ4v) is 14.6. The minimum Gasteiger partial charge on any atom is -0.537 e. The van der Waals surface area contributed by atoms with Gasteiger partial charge in [0, 0.05) is 37.2 Å². The fourth-order valence-electron chi connectivity index (χ4n) is 14.0. The number of nitrogens with two attached hydrogens (primary N) is 3. The molecule has 4 aromatic heterocycles. The van der Waals surface area contributed by atoms with Crippen LogP contribution in [0.3, 0.4) is 0 Å². The summed E-state index contributed by atoms with van der Waals surface area (Å²) in [4.78, 5) is 75.3. The number of amides is 5. The van der Waals surface area contributed by atoms with E-state index in [1.54, 1.807) is 108 Å². The number of rotatable bonds is 23. The third kappa shape index (κ3) is 20.8. The first kappa shape index (κ1) is 78.2. The van der Waals surface area contributed by atoms with E-state index in [1.165, 1.54) is 42.1 Å². The van der Waals surface area contributed by atoms with Gasteiger partial charge in [0.15, 0.2) is 0 Å². The van der Waals surface area contributed by atoms with Gasteiger partial charge in [0.05, 0.1) is 86.4 Å². The molecule has 6 fully saturated rings. The summed E-state index contributed by atoms with van der Waals surface area (Å²) < 4.78 is 59.1. The lowest BCUT2D eigenvalue weighted by molar-refractivity contribution is -0.110. The van der Waals surface area contributed by atoms with Gasteiger partial charge in [0.25, 0.3) is 33.7 Å². The highest BCUT2D eigenvalue weighted by atomic mass is 32.2. The van der Waals surface area contributed by atoms with Crippen LogP contribution >= 0.6 is 0 Å². The van der Waals surface area contributed by atoms with E-state index in [9.17, 15) is 47.4 Å². The van der Waals surface area contributed by atoms with Crippen LogP contribution in [0.5, 0.6) is 28.7 Å². The Morgan fingerprint density at radius 1 is 0.676 bits per heavy atom. The molecule has 2 spiro atoms. The van der Waals surface area contributed by atoms with E-state index >= 15 is 0 Å². The van der Waals surface area contributed by atoms with Crippen molar-refractivity contribution in [3.63, 3.8) is 0 Å². The molecule has 13 N–H and O–H groups in total. The Morgan fingerprint density at radius 2 is 1.17 bits per heavy atom. The SMILES string of the molecule is CC(C)(C)OC(=O)N1CCC(C=O)C1.CC(C)(O)COc1ccc2c(C(=O)NC3CC4(C3)CC(Oc3cc(CC5CCNC5)ccc3C(N)=O)C4)cnn2c1.CC(C)(O)COc1ccc2c(C(=O)NC3CC4(C3)CC(Oc3cc(O[B]O)ccc3C(N)=O)C4)cnn2c1.Cc1ccc(S(=O)(=O)NN)cc1. The fraction of sp³-hybridized carbons (Fsp3) is 0.486. The van der Waals surface area contributed by atoms with E-state index in [0.29, 0.717) is 83.2 Å². The van der Waals surface area contributed by atoms with Crippen LogP contribution in [0.15, 0.2) is 115 Å². The highest BCUT2D eigenvalue weighted by molar-refractivity contribution is 7.89. The summed E-state index contributed by atoms with van der Waals surface area (Å²) in [5.74, 6) is 6.39. The van der Waals surface area contributed by atoms with E-state index in [1.807, 2.05) is 39.8 Å². The summed E-state index contributed by atoms with van der Waals surface area (Å²) in [5.41, 5.74) is 14.2. The van der Waals surface area contributed by atoms with Gasteiger partial charge in [0.1, 0.15) is 53.8 Å². The third-order valence-electron chi connectivity index (χ3n) is 19.2. The molecule has 563 valence electrons. The average molecular weight is 1470 g/mol. The van der Waals surface area contributed by atoms with Crippen molar-refractivity contribution < 1.29 is 80.8 Å². The van der Waals surface area contributed by atoms with Crippen LogP contribution in [0.1, 0.15) is 165 Å². The Kier molecular flexibility index (Phi) is 24.3. The lowest BCUT2D eigenvalue weighted by Gasteiger charge is -2.57. The molecule has 13 rings (SSSR count). The van der Waals surface area contributed by atoms with Crippen molar-refractivity contribution in [3.8, 4) is 28.7 Å². The topological polar surface area (TPSA) is 417 Å². The maximum atomic E-state index is 13.0. The number of aryl methyl sites for hydroxylation is 1. The minimum atomic E-state index is -3.49. The van der Waals surface area contributed by atoms with Crippen LogP contribution in [0.25, 0.3) is 11.0 Å². The number of fused-ring (bicyclic) bond motifs is 2. The molecule has 5 amide bonds. The standard InChI is InChI=1S/C31H39N5O5.C26H30BN4O7.C10H17NO3.C7H10N2O2S/c1-30(2,39)18-40-22-4-6-26-25(16-34-36(26)17-22)29(38)35-21-11-31(12-21)13-23(14-31)41-27-10-19(3-5-24(27)28(32)37)9-20-7-8-33-15-20;1-25(2,34)14-36-17-4-6-21-20(12-29-31(21)13-17)24(33)30-15-8-26(9-15)10-18(11-26)37-22-7-16(38-27-35)3-5-19(22)23(28)32;1-10(2,3)14-9(13)11-5-4-8(6-11)7-12;1-6-2-4-7(5-3-6)12(10,11)9-8/h3-6,10,16-17,20-21,23,33,39H,7-9,11-15,18H2,1-2H3,(H2,32,37)(H,35,38);3-7,12-13,15,18,34-35H,8-11,14H2,1-2H3,(H2,28,32)(H,30,33);7-8H,4-6H2,1-3H3;2-5,9H,8H2,1H3. The zero-order valence-electron chi connectivity index (χ0n) is 60.5. The summed E-state index contributed by atoms with van der Waals surface area (Å²) in [6, 6.07) is 24.0. The molecule has 0 bridgehead atoms. The average Bonchev–Trinajstić information content (AvgIpc) is 1.52. The number of aliphatic hydroxyl groups is 2. The Bertz CT molecular complexity index is 4370. The molecule has 3 aromatic carbocycles. The van der Waals surface area contributed by atoms with Gasteiger partial charge in [-0.3, -0.25) is 25.0 Å². The lowest BCUT2D eigenvalue weighted by atomic mass is 9.53. The zero-order valence-corrected chi connectivity index (χ0v) is 61.3. The number of primary amides is 2. The number of ether oxygens (including phenoxy) is 5. The third-order valence-corrected chi connectivity index (χ3v) is 20.4. The van der Waals surface area contributed by atoms with Crippen molar-refractivity contribution in [2.75, 3.05) is 39.4 Å². The van der Waals surface area contributed by atoms with Crippen molar-refractivity contribution >= 4 is 64.7 Å². The second-order valence-corrected chi connectivity index (χ2v) is 32.4. The number of likely N-dealkylation sites (tertiary alicyclic amines) is 1. The number of carbonyl (C=O) groups excluding carboxylic acids is 6. The molecular formula is C74H96BN12O17S. The van der Waals surface area contributed by atoms with Gasteiger partial charge < -0.3 is 80.7 Å². The number of pyridine rings is 2. The highest BCUT2D eigenvalue weighted by Gasteiger charge is 2.56. The van der Waals surface area contributed by atoms with Gasteiger partial charge in [-0.25, -0.2) is 22.2 Å². The monoisotopic (exact) mass is 1470 g/mol. The van der Waals surface area contributed by atoms with Crippen LogP contribution in [0.2, 0.25) is 0 Å². The molecule has 31 heteroatoms. The van der Waals surface area contributed by atoms with Gasteiger partial charge in [0.2, 0.25) is 0 Å². The number of nitrogens with one attached hydrogen (secondary N) is 4. The lowest BCUT2D eigenvalue weighted by Crippen LogP contribution is -2.58. The highest BCUT2D eigenvalue weighted by Crippen LogP contribution is 2.58. The molecule has 2 saturated heterocycles. The predicted molar refractivity (Wildman–Crippen MR) is 388 cm³/mol. The Labute approximate surface area is 610 Å². The molecule has 2 aliphatic heterocycles. The smallest absolute Gasteiger partial charge is 0.537 e. The Hall–Kier alpha value is -9.37. The van der Waals surface area contributed by atoms with Crippen molar-refractivity contribution in [1.29, 1.82) is 0 Å². The molecule has 105 heavy (non-hydrogen) atoms. The molecule has 4 aliphatic carbocycles. The van der Waals surface area contributed by atoms with Gasteiger partial charge in [-0.05, 0) is 222 Å². The number of hydrazine groups is 1. The summed E-state index contributed by atoms with van der Waals surface area (Å²) in [6.45, 7) is 17.5. The van der Waals surface area contributed by atoms with Crippen molar-refractivity contribution in [2.45, 2.75) is 172 Å². The van der Waals surface area contributed by atoms with Crippen LogP contribution in [0, 0.1) is 29.6 Å². The summed E-state index contributed by atoms with van der Waals surface area (Å²) >= 11 is 0. The molecule has 29 nitrogen and oxygen atoms in total. The van der Waals surface area contributed by atoms with E-state index in [4.69, 9.17) is 50.7 Å². The number of sulfonamides is 1. The molecule has 2 unspecified atom stereocenters. The zero-order chi connectivity index (χ0) is 75.8. The molecule has 7 aromatic rings. The van der Waals surface area contributed by atoms with Crippen LogP contribution in [-0.4, -0.2) is 172 Å².